The number of nitrogens with two attached hydrogens (primary N) is 1. The van der Waals surface area contributed by atoms with Crippen LogP contribution in [0, 0.1) is 11.8 Å². The van der Waals surface area contributed by atoms with Crippen LogP contribution in [-0.2, 0) is 13.5 Å². The second kappa shape index (κ2) is 5.65. The molecular weight excluding hydrogens is 212 g/mol. The summed E-state index contributed by atoms with van der Waals surface area (Å²) in [5.41, 5.74) is 3.00. The van der Waals surface area contributed by atoms with Gasteiger partial charge in [-0.1, -0.05) is 19.8 Å². The lowest BCUT2D eigenvalue weighted by Gasteiger charge is -2.32. The number of hydrogen-bond donors (Lipinski definition) is 2. The standard InChI is InChI=1S/C13H24N4/c1-10-4-3-5-11(8-10)12(16-14)9-13-15-6-7-17(13)2/h6-7,10-12,16H,3-5,8-9,14H2,1-2H3. The summed E-state index contributed by atoms with van der Waals surface area (Å²) in [7, 11) is 2.04. The summed E-state index contributed by atoms with van der Waals surface area (Å²) in [6.45, 7) is 2.35. The van der Waals surface area contributed by atoms with Crippen molar-refractivity contribution in [2.24, 2.45) is 24.7 Å². The highest BCUT2D eigenvalue weighted by molar-refractivity contribution is 4.96. The topological polar surface area (TPSA) is 55.9 Å². The molecule has 4 nitrogen and oxygen atoms in total. The maximum absolute atomic E-state index is 5.73. The Hall–Kier alpha value is -0.870. The molecule has 0 radical (unpaired) electrons. The van der Waals surface area contributed by atoms with E-state index in [0.717, 1.165) is 18.2 Å². The van der Waals surface area contributed by atoms with Crippen molar-refractivity contribution >= 4 is 0 Å². The molecular formula is C13H24N4. The monoisotopic (exact) mass is 236 g/mol. The SMILES string of the molecule is CC1CCCC(C(Cc2nccn2C)NN)C1. The first-order valence-corrected chi connectivity index (χ1v) is 6.63. The average Bonchev–Trinajstić information content (AvgIpc) is 2.71. The predicted octanol–water partition coefficient (Wildman–Crippen LogP) is 1.62. The van der Waals surface area contributed by atoms with Crippen molar-refractivity contribution in [3.05, 3.63) is 18.2 Å². The zero-order chi connectivity index (χ0) is 12.3. The fraction of sp³-hybridized carbons (Fsp3) is 0.769. The maximum atomic E-state index is 5.73. The third-order valence-corrected chi connectivity index (χ3v) is 4.08. The van der Waals surface area contributed by atoms with Gasteiger partial charge in [-0.2, -0.15) is 0 Å². The van der Waals surface area contributed by atoms with Crippen LogP contribution in [-0.4, -0.2) is 15.6 Å². The van der Waals surface area contributed by atoms with Gasteiger partial charge in [0.25, 0.3) is 0 Å². The Bertz CT molecular complexity index is 347. The average molecular weight is 236 g/mol. The van der Waals surface area contributed by atoms with Gasteiger partial charge in [0.2, 0.25) is 0 Å². The molecule has 3 atom stereocenters. The van der Waals surface area contributed by atoms with Crippen LogP contribution in [0.4, 0.5) is 0 Å². The first-order valence-electron chi connectivity index (χ1n) is 6.63. The van der Waals surface area contributed by atoms with E-state index in [1.54, 1.807) is 0 Å². The van der Waals surface area contributed by atoms with Crippen molar-refractivity contribution in [2.75, 3.05) is 0 Å². The molecule has 1 saturated carbocycles. The molecule has 0 spiro atoms. The van der Waals surface area contributed by atoms with E-state index < -0.39 is 0 Å². The lowest BCUT2D eigenvalue weighted by Crippen LogP contribution is -2.44. The van der Waals surface area contributed by atoms with Gasteiger partial charge in [0.05, 0.1) is 0 Å². The second-order valence-corrected chi connectivity index (χ2v) is 5.46. The summed E-state index contributed by atoms with van der Waals surface area (Å²) < 4.78 is 2.08. The molecule has 4 heteroatoms. The van der Waals surface area contributed by atoms with Crippen LogP contribution in [0.15, 0.2) is 12.4 Å². The Labute approximate surface area is 104 Å². The Kier molecular flexibility index (Phi) is 4.18. The Morgan fingerprint density at radius 2 is 2.41 bits per heavy atom. The van der Waals surface area contributed by atoms with E-state index in [2.05, 4.69) is 21.9 Å². The highest BCUT2D eigenvalue weighted by atomic mass is 15.2. The van der Waals surface area contributed by atoms with E-state index in [9.17, 15) is 0 Å². The Morgan fingerprint density at radius 1 is 1.59 bits per heavy atom. The number of hydrogen-bond acceptors (Lipinski definition) is 3. The van der Waals surface area contributed by atoms with Gasteiger partial charge in [-0.05, 0) is 24.7 Å². The molecule has 2 rings (SSSR count). The third kappa shape index (κ3) is 3.07. The van der Waals surface area contributed by atoms with Gasteiger partial charge in [-0.3, -0.25) is 11.3 Å². The molecule has 0 bridgehead atoms. The van der Waals surface area contributed by atoms with Crippen molar-refractivity contribution < 1.29 is 0 Å². The zero-order valence-electron chi connectivity index (χ0n) is 10.9. The van der Waals surface area contributed by atoms with Gasteiger partial charge in [0, 0.05) is 31.9 Å². The van der Waals surface area contributed by atoms with Gasteiger partial charge in [-0.25, -0.2) is 4.98 Å². The van der Waals surface area contributed by atoms with Crippen LogP contribution in [0.5, 0.6) is 0 Å². The van der Waals surface area contributed by atoms with E-state index in [1.807, 2.05) is 19.4 Å². The number of aryl methyl sites for hydroxylation is 1. The number of rotatable bonds is 4. The van der Waals surface area contributed by atoms with Crippen LogP contribution < -0.4 is 11.3 Å². The molecule has 0 aliphatic heterocycles. The van der Waals surface area contributed by atoms with Crippen molar-refractivity contribution in [3.8, 4) is 0 Å². The van der Waals surface area contributed by atoms with Gasteiger partial charge in [0.1, 0.15) is 5.82 Å². The van der Waals surface area contributed by atoms with E-state index in [-0.39, 0.29) is 0 Å². The van der Waals surface area contributed by atoms with Crippen LogP contribution in [0.25, 0.3) is 0 Å². The fourth-order valence-corrected chi connectivity index (χ4v) is 3.00. The Balaban J connectivity index is 1.98. The second-order valence-electron chi connectivity index (χ2n) is 5.46. The highest BCUT2D eigenvalue weighted by Crippen LogP contribution is 2.31. The molecule has 0 aromatic carbocycles. The summed E-state index contributed by atoms with van der Waals surface area (Å²) in [5.74, 6) is 8.38. The van der Waals surface area contributed by atoms with Gasteiger partial charge >= 0.3 is 0 Å². The molecule has 1 heterocycles. The molecule has 1 aliphatic carbocycles. The van der Waals surface area contributed by atoms with Crippen molar-refractivity contribution in [3.63, 3.8) is 0 Å². The maximum Gasteiger partial charge on any atom is 0.109 e. The minimum Gasteiger partial charge on any atom is -0.338 e. The van der Waals surface area contributed by atoms with Crippen LogP contribution in [0.3, 0.4) is 0 Å². The highest BCUT2D eigenvalue weighted by Gasteiger charge is 2.26. The summed E-state index contributed by atoms with van der Waals surface area (Å²) in [6.07, 6.45) is 10.1. The molecule has 0 saturated heterocycles. The third-order valence-electron chi connectivity index (χ3n) is 4.08. The van der Waals surface area contributed by atoms with E-state index in [1.165, 1.54) is 25.7 Å². The molecule has 96 valence electrons. The molecule has 3 unspecified atom stereocenters. The molecule has 1 aromatic rings. The minimum absolute atomic E-state index is 0.360. The zero-order valence-corrected chi connectivity index (χ0v) is 10.9. The summed E-state index contributed by atoms with van der Waals surface area (Å²) >= 11 is 0. The van der Waals surface area contributed by atoms with Crippen LogP contribution >= 0.6 is 0 Å². The Morgan fingerprint density at radius 3 is 3.00 bits per heavy atom. The van der Waals surface area contributed by atoms with Gasteiger partial charge < -0.3 is 4.57 Å². The molecule has 0 amide bonds. The lowest BCUT2D eigenvalue weighted by molar-refractivity contribution is 0.220. The van der Waals surface area contributed by atoms with Crippen LogP contribution in [0.2, 0.25) is 0 Å². The lowest BCUT2D eigenvalue weighted by atomic mass is 9.78. The van der Waals surface area contributed by atoms with E-state index in [4.69, 9.17) is 5.84 Å². The minimum atomic E-state index is 0.360. The molecule has 17 heavy (non-hydrogen) atoms. The number of nitrogens with one attached hydrogen (secondary N) is 1. The normalized spacial score (nSPS) is 27.0. The predicted molar refractivity (Wildman–Crippen MR) is 69.1 cm³/mol. The summed E-state index contributed by atoms with van der Waals surface area (Å²) in [4.78, 5) is 4.38. The first-order chi connectivity index (χ1) is 8.20. The summed E-state index contributed by atoms with van der Waals surface area (Å²) in [6, 6.07) is 0.360. The van der Waals surface area contributed by atoms with Crippen LogP contribution in [0.1, 0.15) is 38.4 Å². The number of imidazole rings is 1. The molecule has 1 aliphatic rings. The van der Waals surface area contributed by atoms with E-state index in [0.29, 0.717) is 12.0 Å². The molecule has 1 fully saturated rings. The largest absolute Gasteiger partial charge is 0.338 e. The van der Waals surface area contributed by atoms with Crippen molar-refractivity contribution in [2.45, 2.75) is 45.1 Å². The number of hydrazine groups is 1. The quantitative estimate of drug-likeness (QED) is 0.617. The number of aromatic nitrogens is 2. The summed E-state index contributed by atoms with van der Waals surface area (Å²) in [5, 5.41) is 0. The molecule has 1 aromatic heterocycles. The van der Waals surface area contributed by atoms with Gasteiger partial charge in [0.15, 0.2) is 0 Å². The fourth-order valence-electron chi connectivity index (χ4n) is 3.00. The van der Waals surface area contributed by atoms with E-state index >= 15 is 0 Å². The first kappa shape index (κ1) is 12.6. The number of nitrogens with zero attached hydrogens (tertiary/aromatic N) is 2. The van der Waals surface area contributed by atoms with Gasteiger partial charge in [-0.15, -0.1) is 0 Å². The molecule has 3 N–H and O–H groups in total. The van der Waals surface area contributed by atoms with Crippen molar-refractivity contribution in [1.29, 1.82) is 0 Å². The smallest absolute Gasteiger partial charge is 0.109 e. The van der Waals surface area contributed by atoms with Crippen molar-refractivity contribution in [1.82, 2.24) is 15.0 Å².